The monoisotopic (exact) mass is 270 g/mol. The highest BCUT2D eigenvalue weighted by atomic mass is 32.2. The molecule has 0 aliphatic rings. The Morgan fingerprint density at radius 3 is 2.47 bits per heavy atom. The molecule has 1 rings (SSSR count). The van der Waals surface area contributed by atoms with Crippen LogP contribution in [0.3, 0.4) is 0 Å². The van der Waals surface area contributed by atoms with Gasteiger partial charge in [-0.15, -0.1) is 0 Å². The van der Waals surface area contributed by atoms with Gasteiger partial charge >= 0.3 is 6.18 Å². The van der Waals surface area contributed by atoms with Crippen molar-refractivity contribution in [1.82, 2.24) is 9.71 Å². The largest absolute Gasteiger partial charge is 0.390 e. The van der Waals surface area contributed by atoms with Gasteiger partial charge in [-0.2, -0.15) is 13.2 Å². The number of hydrogen-bond acceptors (Lipinski definition) is 3. The number of aromatic nitrogens is 1. The Morgan fingerprint density at radius 1 is 1.29 bits per heavy atom. The van der Waals surface area contributed by atoms with Gasteiger partial charge in [0.25, 0.3) is 10.0 Å². The zero-order valence-electron chi connectivity index (χ0n) is 8.41. The number of H-pyrrole nitrogens is 1. The number of aromatic amines is 1. The van der Waals surface area contributed by atoms with Crippen LogP contribution in [-0.2, 0) is 10.0 Å². The van der Waals surface area contributed by atoms with Crippen LogP contribution in [0.4, 0.5) is 13.2 Å². The summed E-state index contributed by atoms with van der Waals surface area (Å²) in [5.41, 5.74) is -0.649. The topological polar surface area (TPSA) is 79.0 Å². The summed E-state index contributed by atoms with van der Waals surface area (Å²) in [5, 5.41) is -0.466. The molecule has 5 nitrogen and oxygen atoms in total. The van der Waals surface area contributed by atoms with Gasteiger partial charge in [0.2, 0.25) is 5.56 Å². The number of halogens is 3. The zero-order valence-corrected chi connectivity index (χ0v) is 9.23. The van der Waals surface area contributed by atoms with Gasteiger partial charge in [-0.3, -0.25) is 4.79 Å². The normalized spacial score (nSPS) is 12.6. The number of hydrogen-bond donors (Lipinski definition) is 2. The number of pyridine rings is 1. The van der Waals surface area contributed by atoms with Gasteiger partial charge in [0.1, 0.15) is 0 Å². The van der Waals surface area contributed by atoms with Crippen LogP contribution >= 0.6 is 0 Å². The molecule has 0 amide bonds. The van der Waals surface area contributed by atoms with Gasteiger partial charge in [0.15, 0.2) is 5.03 Å². The van der Waals surface area contributed by atoms with Crippen molar-refractivity contribution in [2.75, 3.05) is 6.54 Å². The maximum absolute atomic E-state index is 11.8. The number of rotatable bonds is 4. The fraction of sp³-hybridized carbons (Fsp3) is 0.375. The van der Waals surface area contributed by atoms with Crippen LogP contribution in [0, 0.1) is 0 Å². The first-order valence-corrected chi connectivity index (χ1v) is 5.95. The second kappa shape index (κ2) is 4.88. The van der Waals surface area contributed by atoms with Gasteiger partial charge in [-0.1, -0.05) is 6.07 Å². The van der Waals surface area contributed by atoms with Crippen LogP contribution in [-0.4, -0.2) is 26.1 Å². The molecule has 1 aromatic rings. The summed E-state index contributed by atoms with van der Waals surface area (Å²) in [7, 11) is -4.11. The average Bonchev–Trinajstić information content (AvgIpc) is 2.15. The minimum absolute atomic E-state index is 0.466. The summed E-state index contributed by atoms with van der Waals surface area (Å²) in [6, 6.07) is 3.36. The summed E-state index contributed by atoms with van der Waals surface area (Å²) in [4.78, 5) is 12.9. The van der Waals surface area contributed by atoms with Crippen LogP contribution in [0.15, 0.2) is 28.0 Å². The Kier molecular flexibility index (Phi) is 3.94. The standard InChI is InChI=1S/C8H9F3N2O3S/c9-8(10,11)4-5-12-17(15,16)7-3-1-2-6(14)13-7/h1-3,12H,4-5H2,(H,13,14). The molecular formula is C8H9F3N2O3S. The molecule has 17 heavy (non-hydrogen) atoms. The quantitative estimate of drug-likeness (QED) is 0.841. The molecule has 0 radical (unpaired) electrons. The van der Waals surface area contributed by atoms with Crippen molar-refractivity contribution in [3.05, 3.63) is 28.6 Å². The van der Waals surface area contributed by atoms with Crippen molar-refractivity contribution in [2.45, 2.75) is 17.6 Å². The third-order valence-corrected chi connectivity index (χ3v) is 3.13. The minimum Gasteiger partial charge on any atom is -0.312 e. The highest BCUT2D eigenvalue weighted by molar-refractivity contribution is 7.89. The first-order chi connectivity index (χ1) is 7.71. The average molecular weight is 270 g/mol. The fourth-order valence-corrected chi connectivity index (χ4v) is 2.01. The fourth-order valence-electron chi connectivity index (χ4n) is 0.989. The van der Waals surface area contributed by atoms with Crippen molar-refractivity contribution >= 4 is 10.0 Å². The first-order valence-electron chi connectivity index (χ1n) is 4.46. The Morgan fingerprint density at radius 2 is 1.94 bits per heavy atom. The molecular weight excluding hydrogens is 261 g/mol. The van der Waals surface area contributed by atoms with E-state index in [4.69, 9.17) is 0 Å². The lowest BCUT2D eigenvalue weighted by Crippen LogP contribution is -2.29. The van der Waals surface area contributed by atoms with Crippen molar-refractivity contribution in [1.29, 1.82) is 0 Å². The Hall–Kier alpha value is -1.35. The highest BCUT2D eigenvalue weighted by Gasteiger charge is 2.27. The van der Waals surface area contributed by atoms with Crippen LogP contribution in [0.2, 0.25) is 0 Å². The molecule has 96 valence electrons. The predicted molar refractivity (Wildman–Crippen MR) is 52.9 cm³/mol. The van der Waals surface area contributed by atoms with Crippen LogP contribution in [0.1, 0.15) is 6.42 Å². The van der Waals surface area contributed by atoms with Crippen LogP contribution in [0.5, 0.6) is 0 Å². The van der Waals surface area contributed by atoms with E-state index in [0.717, 1.165) is 12.1 Å². The van der Waals surface area contributed by atoms with E-state index in [2.05, 4.69) is 0 Å². The van der Waals surface area contributed by atoms with E-state index < -0.39 is 39.8 Å². The van der Waals surface area contributed by atoms with Gasteiger partial charge in [-0.25, -0.2) is 13.1 Å². The summed E-state index contributed by atoms with van der Waals surface area (Å²) in [5.74, 6) is 0. The lowest BCUT2D eigenvalue weighted by molar-refractivity contribution is -0.132. The lowest BCUT2D eigenvalue weighted by atomic mass is 10.4. The van der Waals surface area contributed by atoms with Crippen LogP contribution < -0.4 is 10.3 Å². The summed E-state index contributed by atoms with van der Waals surface area (Å²) < 4.78 is 60.0. The van der Waals surface area contributed by atoms with E-state index in [1.165, 1.54) is 6.07 Å². The summed E-state index contributed by atoms with van der Waals surface area (Å²) in [6.45, 7) is -0.775. The molecule has 0 saturated heterocycles. The molecule has 1 heterocycles. The van der Waals surface area contributed by atoms with E-state index >= 15 is 0 Å². The van der Waals surface area contributed by atoms with E-state index in [1.807, 2.05) is 4.98 Å². The minimum atomic E-state index is -4.44. The first kappa shape index (κ1) is 13.7. The molecule has 0 unspecified atom stereocenters. The van der Waals surface area contributed by atoms with Crippen molar-refractivity contribution in [3.8, 4) is 0 Å². The van der Waals surface area contributed by atoms with Crippen LogP contribution in [0.25, 0.3) is 0 Å². The van der Waals surface area contributed by atoms with E-state index in [9.17, 15) is 26.4 Å². The molecule has 0 aliphatic carbocycles. The Labute approximate surface area is 94.7 Å². The Bertz CT molecular complexity index is 535. The van der Waals surface area contributed by atoms with E-state index in [-0.39, 0.29) is 0 Å². The molecule has 0 aromatic carbocycles. The van der Waals surface area contributed by atoms with E-state index in [1.54, 1.807) is 4.72 Å². The third kappa shape index (κ3) is 4.57. The molecule has 1 aromatic heterocycles. The summed E-state index contributed by atoms with van der Waals surface area (Å²) in [6.07, 6.45) is -5.71. The van der Waals surface area contributed by atoms with Crippen molar-refractivity contribution in [3.63, 3.8) is 0 Å². The zero-order chi connectivity index (χ0) is 13.1. The Balaban J connectivity index is 2.73. The smallest absolute Gasteiger partial charge is 0.312 e. The molecule has 0 fully saturated rings. The molecule has 0 spiro atoms. The lowest BCUT2D eigenvalue weighted by Gasteiger charge is -2.08. The maximum atomic E-state index is 11.8. The van der Waals surface area contributed by atoms with Gasteiger partial charge in [0.05, 0.1) is 6.42 Å². The van der Waals surface area contributed by atoms with Gasteiger partial charge in [0, 0.05) is 12.6 Å². The molecule has 0 bridgehead atoms. The highest BCUT2D eigenvalue weighted by Crippen LogP contribution is 2.18. The van der Waals surface area contributed by atoms with Crippen molar-refractivity contribution < 1.29 is 21.6 Å². The van der Waals surface area contributed by atoms with Gasteiger partial charge < -0.3 is 4.98 Å². The SMILES string of the molecule is O=c1cccc(S(=O)(=O)NCCC(F)(F)F)[nH]1. The summed E-state index contributed by atoms with van der Waals surface area (Å²) >= 11 is 0. The maximum Gasteiger partial charge on any atom is 0.390 e. The second-order valence-corrected chi connectivity index (χ2v) is 4.88. The number of alkyl halides is 3. The van der Waals surface area contributed by atoms with Gasteiger partial charge in [-0.05, 0) is 6.07 Å². The number of nitrogens with one attached hydrogen (secondary N) is 2. The molecule has 9 heteroatoms. The number of sulfonamides is 1. The second-order valence-electron chi connectivity index (χ2n) is 3.14. The molecule has 0 aliphatic heterocycles. The third-order valence-electron chi connectivity index (χ3n) is 1.73. The van der Waals surface area contributed by atoms with E-state index in [0.29, 0.717) is 0 Å². The molecule has 0 atom stereocenters. The predicted octanol–water partition coefficient (Wildman–Crippen LogP) is 0.606. The molecule has 2 N–H and O–H groups in total. The molecule has 0 saturated carbocycles. The van der Waals surface area contributed by atoms with Crippen molar-refractivity contribution in [2.24, 2.45) is 0 Å².